The zero-order valence-electron chi connectivity index (χ0n) is 14.9. The minimum Gasteiger partial charge on any atom is -0.497 e. The summed E-state index contributed by atoms with van der Waals surface area (Å²) in [6, 6.07) is 14.1. The molecule has 0 radical (unpaired) electrons. The van der Waals surface area contributed by atoms with Crippen LogP contribution in [-0.4, -0.2) is 36.8 Å². The molecule has 0 spiro atoms. The Bertz CT molecular complexity index is 959. The monoisotopic (exact) mass is 353 g/mol. The average Bonchev–Trinajstić information content (AvgIpc) is 2.91. The van der Waals surface area contributed by atoms with Crippen molar-refractivity contribution < 1.29 is 19.5 Å². The molecule has 134 valence electrons. The van der Waals surface area contributed by atoms with E-state index in [9.17, 15) is 9.90 Å². The third kappa shape index (κ3) is 3.43. The van der Waals surface area contributed by atoms with Gasteiger partial charge in [-0.3, -0.25) is 9.36 Å². The molecule has 0 saturated carbocycles. The Morgan fingerprint density at radius 1 is 1.15 bits per heavy atom. The molecule has 7 heteroatoms. The number of hydrogen-bond acceptors (Lipinski definition) is 4. The van der Waals surface area contributed by atoms with E-state index in [1.54, 1.807) is 35.9 Å². The van der Waals surface area contributed by atoms with E-state index in [2.05, 4.69) is 10.2 Å². The fourth-order valence-corrected chi connectivity index (χ4v) is 2.73. The van der Waals surface area contributed by atoms with Crippen LogP contribution in [-0.2, 0) is 6.67 Å². The predicted molar refractivity (Wildman–Crippen MR) is 98.3 cm³/mol. The maximum Gasteiger partial charge on any atom is 0.295 e. The second-order valence-corrected chi connectivity index (χ2v) is 6.22. The molecule has 0 unspecified atom stereocenters. The van der Waals surface area contributed by atoms with Crippen molar-refractivity contribution in [3.8, 4) is 11.6 Å². The van der Waals surface area contributed by atoms with Crippen LogP contribution in [0.2, 0.25) is 0 Å². The van der Waals surface area contributed by atoms with Gasteiger partial charge in [0.25, 0.3) is 5.91 Å². The highest BCUT2D eigenvalue weighted by Gasteiger charge is 2.18. The van der Waals surface area contributed by atoms with Gasteiger partial charge in [0.2, 0.25) is 5.88 Å². The molecular weight excluding hydrogens is 332 g/mol. The van der Waals surface area contributed by atoms with Gasteiger partial charge in [-0.2, -0.15) is 0 Å². The van der Waals surface area contributed by atoms with Gasteiger partial charge in [0.05, 0.1) is 26.7 Å². The van der Waals surface area contributed by atoms with Gasteiger partial charge >= 0.3 is 0 Å². The van der Waals surface area contributed by atoms with Crippen LogP contribution in [0.25, 0.3) is 10.9 Å². The van der Waals surface area contributed by atoms with Crippen molar-refractivity contribution in [1.29, 1.82) is 0 Å². The van der Waals surface area contributed by atoms with Crippen LogP contribution < -0.4 is 9.64 Å². The van der Waals surface area contributed by atoms with E-state index >= 15 is 0 Å². The normalized spacial score (nSPS) is 11.5. The number of carbonyl (C=O) groups excluding carboxylic acids is 1. The van der Waals surface area contributed by atoms with Crippen molar-refractivity contribution in [3.63, 3.8) is 0 Å². The van der Waals surface area contributed by atoms with Gasteiger partial charge in [-0.25, -0.2) is 0 Å². The number of nitrogens with zero attached hydrogens (tertiary/aromatic N) is 3. The molecule has 3 aromatic rings. The molecule has 7 nitrogen and oxygen atoms in total. The minimum absolute atomic E-state index is 0.00122. The summed E-state index contributed by atoms with van der Waals surface area (Å²) in [5, 5.41) is 19.2. The standard InChI is InChI=1S/C19H20N4O3/c1-22(2)12-23-16-7-5-4-6-15(16)17(19(23)25)20-21-18(24)13-8-10-14(26-3)11-9-13/h4-11,25H,12H2,1-3H3/p+1. The Morgan fingerprint density at radius 3 is 2.50 bits per heavy atom. The van der Waals surface area contributed by atoms with Crippen LogP contribution in [0.3, 0.4) is 0 Å². The number of ether oxygens (including phenoxy) is 1. The number of aromatic nitrogens is 1. The fourth-order valence-electron chi connectivity index (χ4n) is 2.73. The number of fused-ring (bicyclic) bond motifs is 1. The molecule has 0 fully saturated rings. The molecule has 0 bridgehead atoms. The van der Waals surface area contributed by atoms with Crippen molar-refractivity contribution in [2.75, 3.05) is 21.2 Å². The Morgan fingerprint density at radius 2 is 1.85 bits per heavy atom. The first-order valence-corrected chi connectivity index (χ1v) is 8.20. The fraction of sp³-hybridized carbons (Fsp3) is 0.211. The highest BCUT2D eigenvalue weighted by atomic mass is 16.5. The van der Waals surface area contributed by atoms with Crippen LogP contribution in [0, 0.1) is 0 Å². The van der Waals surface area contributed by atoms with Crippen molar-refractivity contribution in [2.45, 2.75) is 6.67 Å². The van der Waals surface area contributed by atoms with E-state index < -0.39 is 5.91 Å². The van der Waals surface area contributed by atoms with Gasteiger partial charge in [0.1, 0.15) is 5.75 Å². The summed E-state index contributed by atoms with van der Waals surface area (Å²) < 4.78 is 6.83. The second-order valence-electron chi connectivity index (χ2n) is 6.22. The minimum atomic E-state index is -0.484. The largest absolute Gasteiger partial charge is 0.497 e. The Hall–Kier alpha value is -3.19. The van der Waals surface area contributed by atoms with Gasteiger partial charge < -0.3 is 14.7 Å². The van der Waals surface area contributed by atoms with Crippen molar-refractivity contribution in [2.24, 2.45) is 10.2 Å². The molecule has 3 rings (SSSR count). The Labute approximate surface area is 151 Å². The van der Waals surface area contributed by atoms with Crippen LogP contribution in [0.4, 0.5) is 5.69 Å². The number of quaternary nitrogens is 1. The molecule has 0 aliphatic carbocycles. The van der Waals surface area contributed by atoms with Crippen molar-refractivity contribution in [1.82, 2.24) is 4.57 Å². The lowest BCUT2D eigenvalue weighted by atomic mass is 10.2. The molecule has 0 aliphatic heterocycles. The van der Waals surface area contributed by atoms with E-state index in [1.807, 2.05) is 38.4 Å². The van der Waals surface area contributed by atoms with Gasteiger partial charge in [-0.15, -0.1) is 10.2 Å². The smallest absolute Gasteiger partial charge is 0.295 e. The summed E-state index contributed by atoms with van der Waals surface area (Å²) in [5.41, 5.74) is 1.54. The Kier molecular flexibility index (Phi) is 4.99. The molecule has 1 aromatic heterocycles. The first kappa shape index (κ1) is 17.6. The van der Waals surface area contributed by atoms with Crippen LogP contribution >= 0.6 is 0 Å². The van der Waals surface area contributed by atoms with E-state index in [0.717, 1.165) is 15.8 Å². The Balaban J connectivity index is 1.96. The summed E-state index contributed by atoms with van der Waals surface area (Å²) in [5.74, 6) is 0.172. The number of benzene rings is 2. The highest BCUT2D eigenvalue weighted by Crippen LogP contribution is 2.38. The molecule has 0 saturated heterocycles. The predicted octanol–water partition coefficient (Wildman–Crippen LogP) is 2.38. The van der Waals surface area contributed by atoms with Crippen LogP contribution in [0.15, 0.2) is 58.8 Å². The zero-order chi connectivity index (χ0) is 18.7. The maximum absolute atomic E-state index is 12.3. The number of amides is 1. The topological polar surface area (TPSA) is 80.6 Å². The van der Waals surface area contributed by atoms with E-state index in [1.165, 1.54) is 0 Å². The maximum atomic E-state index is 12.3. The van der Waals surface area contributed by atoms with Crippen LogP contribution in [0.5, 0.6) is 11.6 Å². The van der Waals surface area contributed by atoms with Gasteiger partial charge in [0.15, 0.2) is 12.4 Å². The number of para-hydroxylation sites is 1. The van der Waals surface area contributed by atoms with E-state index in [-0.39, 0.29) is 5.88 Å². The number of azo groups is 1. The third-order valence-corrected chi connectivity index (χ3v) is 3.97. The second kappa shape index (κ2) is 7.37. The highest BCUT2D eigenvalue weighted by molar-refractivity contribution is 5.97. The summed E-state index contributed by atoms with van der Waals surface area (Å²) in [4.78, 5) is 13.4. The first-order valence-electron chi connectivity index (χ1n) is 8.20. The van der Waals surface area contributed by atoms with E-state index in [0.29, 0.717) is 23.7 Å². The SMILES string of the molecule is COc1ccc(C(=O)N=Nc2c(O)n(C[NH+](C)C)c3ccccc23)cc1. The number of nitrogens with one attached hydrogen (secondary N) is 1. The summed E-state index contributed by atoms with van der Waals surface area (Å²) in [6.45, 7) is 0.564. The lowest BCUT2D eigenvalue weighted by Gasteiger charge is -2.10. The first-order chi connectivity index (χ1) is 12.5. The summed E-state index contributed by atoms with van der Waals surface area (Å²) in [7, 11) is 5.54. The van der Waals surface area contributed by atoms with Gasteiger partial charge in [0, 0.05) is 10.9 Å². The van der Waals surface area contributed by atoms with Gasteiger partial charge in [-0.05, 0) is 30.3 Å². The summed E-state index contributed by atoms with van der Waals surface area (Å²) in [6.07, 6.45) is 0. The molecule has 0 atom stereocenters. The molecule has 0 aliphatic rings. The summed E-state index contributed by atoms with van der Waals surface area (Å²) >= 11 is 0. The molecule has 26 heavy (non-hydrogen) atoms. The van der Waals surface area contributed by atoms with Crippen molar-refractivity contribution >= 4 is 22.5 Å². The lowest BCUT2D eigenvalue weighted by Crippen LogP contribution is -3.04. The number of rotatable bonds is 5. The van der Waals surface area contributed by atoms with Crippen LogP contribution in [0.1, 0.15) is 10.4 Å². The van der Waals surface area contributed by atoms with E-state index in [4.69, 9.17) is 4.74 Å². The average molecular weight is 353 g/mol. The quantitative estimate of drug-likeness (QED) is 0.691. The number of hydrogen-bond donors (Lipinski definition) is 2. The number of carbonyl (C=O) groups is 1. The van der Waals surface area contributed by atoms with Crippen molar-refractivity contribution in [3.05, 3.63) is 54.1 Å². The zero-order valence-corrected chi connectivity index (χ0v) is 14.9. The lowest BCUT2D eigenvalue weighted by molar-refractivity contribution is -0.882. The molecule has 2 N–H and O–H groups in total. The third-order valence-electron chi connectivity index (χ3n) is 3.97. The molecule has 1 amide bonds. The van der Waals surface area contributed by atoms with Gasteiger partial charge in [-0.1, -0.05) is 18.2 Å². The number of aromatic hydroxyl groups is 1. The molecule has 1 heterocycles. The molecule has 2 aromatic carbocycles. The molecular formula is C19H21N4O3+. The number of methoxy groups -OCH3 is 1.